The van der Waals surface area contributed by atoms with Crippen molar-refractivity contribution in [2.24, 2.45) is 5.73 Å². The summed E-state index contributed by atoms with van der Waals surface area (Å²) in [7, 11) is 1.42. The van der Waals surface area contributed by atoms with Gasteiger partial charge < -0.3 is 10.5 Å². The maximum atomic E-state index is 11.1. The minimum atomic E-state index is -0.155. The van der Waals surface area contributed by atoms with Crippen LogP contribution in [0.25, 0.3) is 0 Å². The number of carbonyl (C=O) groups is 1. The third kappa shape index (κ3) is 4.43. The van der Waals surface area contributed by atoms with Crippen LogP contribution >= 0.6 is 0 Å². The Bertz CT molecular complexity index is 564. The summed E-state index contributed by atoms with van der Waals surface area (Å²) in [5, 5.41) is 0. The van der Waals surface area contributed by atoms with Crippen LogP contribution in [0, 0.1) is 0 Å². The fraction of sp³-hybridized carbons (Fsp3) is 0.278. The second kappa shape index (κ2) is 7.60. The monoisotopic (exact) mass is 283 g/mol. The zero-order chi connectivity index (χ0) is 15.1. The molecule has 0 saturated carbocycles. The van der Waals surface area contributed by atoms with Gasteiger partial charge in [0.05, 0.1) is 13.2 Å². The van der Waals surface area contributed by atoms with E-state index in [9.17, 15) is 4.79 Å². The Morgan fingerprint density at radius 3 is 2.29 bits per heavy atom. The first-order chi connectivity index (χ1) is 10.2. The van der Waals surface area contributed by atoms with Crippen LogP contribution in [0.15, 0.2) is 54.6 Å². The summed E-state index contributed by atoms with van der Waals surface area (Å²) in [6.07, 6.45) is 2.13. The normalized spacial score (nSPS) is 11.9. The molecule has 0 bridgehead atoms. The van der Waals surface area contributed by atoms with E-state index in [1.807, 2.05) is 30.3 Å². The number of ether oxygens (including phenoxy) is 1. The van der Waals surface area contributed by atoms with E-state index < -0.39 is 0 Å². The number of hydrogen-bond donors (Lipinski definition) is 1. The van der Waals surface area contributed by atoms with Crippen molar-refractivity contribution in [2.75, 3.05) is 7.11 Å². The van der Waals surface area contributed by atoms with Gasteiger partial charge in [-0.3, -0.25) is 4.79 Å². The number of nitrogens with two attached hydrogens (primary N) is 1. The molecule has 0 spiro atoms. The maximum Gasteiger partial charge on any atom is 0.305 e. The van der Waals surface area contributed by atoms with E-state index in [1.54, 1.807) is 0 Å². The maximum absolute atomic E-state index is 11.1. The van der Waals surface area contributed by atoms with Crippen molar-refractivity contribution in [2.45, 2.75) is 25.3 Å². The highest BCUT2D eigenvalue weighted by Gasteiger charge is 2.08. The van der Waals surface area contributed by atoms with E-state index in [2.05, 4.69) is 29.0 Å². The van der Waals surface area contributed by atoms with Crippen molar-refractivity contribution in [1.29, 1.82) is 0 Å². The van der Waals surface area contributed by atoms with Crippen molar-refractivity contribution in [3.8, 4) is 0 Å². The molecular formula is C18H21NO2. The molecule has 2 N–H and O–H groups in total. The largest absolute Gasteiger partial charge is 0.469 e. The smallest absolute Gasteiger partial charge is 0.305 e. The highest BCUT2D eigenvalue weighted by atomic mass is 16.5. The molecule has 21 heavy (non-hydrogen) atoms. The third-order valence-electron chi connectivity index (χ3n) is 3.57. The Balaban J connectivity index is 1.94. The number of benzene rings is 2. The molecular weight excluding hydrogens is 262 g/mol. The Hall–Kier alpha value is -2.13. The summed E-state index contributed by atoms with van der Waals surface area (Å²) >= 11 is 0. The van der Waals surface area contributed by atoms with Crippen molar-refractivity contribution >= 4 is 5.97 Å². The van der Waals surface area contributed by atoms with E-state index >= 15 is 0 Å². The fourth-order valence-electron chi connectivity index (χ4n) is 2.28. The zero-order valence-electron chi connectivity index (χ0n) is 12.3. The van der Waals surface area contributed by atoms with Crippen LogP contribution in [0.4, 0.5) is 0 Å². The van der Waals surface area contributed by atoms with Crippen LogP contribution in [0.5, 0.6) is 0 Å². The minimum Gasteiger partial charge on any atom is -0.469 e. The standard InChI is InChI=1S/C18H21NO2/c1-21-17(20)9-5-6-14-10-12-16(13-11-14)18(19)15-7-3-2-4-8-15/h2-4,7-8,10-13,18H,5-6,9,19H2,1H3/t18-/m1/s1. The molecule has 0 heterocycles. The molecule has 3 heteroatoms. The van der Waals surface area contributed by atoms with E-state index in [0.29, 0.717) is 6.42 Å². The SMILES string of the molecule is COC(=O)CCCc1ccc([C@H](N)c2ccccc2)cc1. The summed E-state index contributed by atoms with van der Waals surface area (Å²) < 4.78 is 4.63. The molecule has 110 valence electrons. The van der Waals surface area contributed by atoms with Crippen LogP contribution < -0.4 is 5.73 Å². The number of methoxy groups -OCH3 is 1. The molecule has 0 aromatic heterocycles. The van der Waals surface area contributed by atoms with Gasteiger partial charge in [-0.2, -0.15) is 0 Å². The molecule has 2 rings (SSSR count). The molecule has 0 saturated heterocycles. The van der Waals surface area contributed by atoms with Gasteiger partial charge in [-0.1, -0.05) is 54.6 Å². The highest BCUT2D eigenvalue weighted by molar-refractivity contribution is 5.69. The average Bonchev–Trinajstić information content (AvgIpc) is 2.55. The molecule has 0 radical (unpaired) electrons. The quantitative estimate of drug-likeness (QED) is 0.828. The first-order valence-electron chi connectivity index (χ1n) is 7.17. The Labute approximate surface area is 125 Å². The number of hydrogen-bond acceptors (Lipinski definition) is 3. The lowest BCUT2D eigenvalue weighted by molar-refractivity contribution is -0.140. The van der Waals surface area contributed by atoms with Crippen molar-refractivity contribution in [1.82, 2.24) is 0 Å². The number of carbonyl (C=O) groups excluding carboxylic acids is 1. The lowest BCUT2D eigenvalue weighted by Gasteiger charge is -2.13. The predicted octanol–water partition coefficient (Wildman–Crippen LogP) is 3.23. The summed E-state index contributed by atoms with van der Waals surface area (Å²) in [5.74, 6) is -0.155. The molecule has 0 fully saturated rings. The molecule has 0 amide bonds. The number of esters is 1. The second-order valence-electron chi connectivity index (χ2n) is 5.06. The molecule has 2 aromatic carbocycles. The van der Waals surface area contributed by atoms with E-state index in [1.165, 1.54) is 12.7 Å². The first kappa shape index (κ1) is 15.3. The molecule has 3 nitrogen and oxygen atoms in total. The van der Waals surface area contributed by atoms with Crippen molar-refractivity contribution in [3.05, 3.63) is 71.3 Å². The Kier molecular flexibility index (Phi) is 5.52. The van der Waals surface area contributed by atoms with Crippen molar-refractivity contribution in [3.63, 3.8) is 0 Å². The van der Waals surface area contributed by atoms with Gasteiger partial charge in [0, 0.05) is 6.42 Å². The van der Waals surface area contributed by atoms with Crippen LogP contribution in [-0.2, 0) is 16.0 Å². The van der Waals surface area contributed by atoms with Gasteiger partial charge in [0.25, 0.3) is 0 Å². The van der Waals surface area contributed by atoms with E-state index in [0.717, 1.165) is 24.0 Å². The fourth-order valence-corrected chi connectivity index (χ4v) is 2.28. The van der Waals surface area contributed by atoms with Crippen LogP contribution in [0.2, 0.25) is 0 Å². The molecule has 0 aliphatic heterocycles. The number of rotatable bonds is 6. The highest BCUT2D eigenvalue weighted by Crippen LogP contribution is 2.20. The van der Waals surface area contributed by atoms with Crippen LogP contribution in [0.1, 0.15) is 35.6 Å². The first-order valence-corrected chi connectivity index (χ1v) is 7.17. The van der Waals surface area contributed by atoms with Gasteiger partial charge in [-0.15, -0.1) is 0 Å². The van der Waals surface area contributed by atoms with Gasteiger partial charge in [-0.05, 0) is 29.5 Å². The van der Waals surface area contributed by atoms with E-state index in [-0.39, 0.29) is 12.0 Å². The van der Waals surface area contributed by atoms with Crippen LogP contribution in [0.3, 0.4) is 0 Å². The van der Waals surface area contributed by atoms with Crippen molar-refractivity contribution < 1.29 is 9.53 Å². The average molecular weight is 283 g/mol. The molecule has 0 unspecified atom stereocenters. The molecule has 1 atom stereocenters. The zero-order valence-corrected chi connectivity index (χ0v) is 12.3. The summed E-state index contributed by atoms with van der Waals surface area (Å²) in [6, 6.07) is 18.2. The van der Waals surface area contributed by atoms with E-state index in [4.69, 9.17) is 5.73 Å². The molecule has 2 aromatic rings. The minimum absolute atomic E-state index is 0.102. The van der Waals surface area contributed by atoms with Gasteiger partial charge in [0.1, 0.15) is 0 Å². The Morgan fingerprint density at radius 2 is 1.67 bits per heavy atom. The van der Waals surface area contributed by atoms with Crippen LogP contribution in [-0.4, -0.2) is 13.1 Å². The second-order valence-corrected chi connectivity index (χ2v) is 5.06. The number of aryl methyl sites for hydroxylation is 1. The summed E-state index contributed by atoms with van der Waals surface area (Å²) in [5.41, 5.74) is 9.68. The Morgan fingerprint density at radius 1 is 1.05 bits per heavy atom. The topological polar surface area (TPSA) is 52.3 Å². The van der Waals surface area contributed by atoms with Gasteiger partial charge in [-0.25, -0.2) is 0 Å². The molecule has 0 aliphatic rings. The summed E-state index contributed by atoms with van der Waals surface area (Å²) in [4.78, 5) is 11.1. The van der Waals surface area contributed by atoms with Gasteiger partial charge in [0.15, 0.2) is 0 Å². The van der Waals surface area contributed by atoms with Gasteiger partial charge in [0.2, 0.25) is 0 Å². The lowest BCUT2D eigenvalue weighted by atomic mass is 9.97. The third-order valence-corrected chi connectivity index (χ3v) is 3.57. The molecule has 0 aliphatic carbocycles. The summed E-state index contributed by atoms with van der Waals surface area (Å²) in [6.45, 7) is 0. The van der Waals surface area contributed by atoms with Gasteiger partial charge >= 0.3 is 5.97 Å². The predicted molar refractivity (Wildman–Crippen MR) is 83.9 cm³/mol. The lowest BCUT2D eigenvalue weighted by Crippen LogP contribution is -2.11.